The standard InChI is InChI=1S/C16H22N4O/c1-18-15(19-9-7-8-10-19)14(13-17-18)16(21)20-11-5-3-2-4-6-12-20/h7-10,13H,2-6,11-12H2,1H3. The first-order valence-corrected chi connectivity index (χ1v) is 7.72. The summed E-state index contributed by atoms with van der Waals surface area (Å²) in [5.74, 6) is 0.945. The number of aromatic nitrogens is 3. The number of likely N-dealkylation sites (tertiary alicyclic amines) is 1. The van der Waals surface area contributed by atoms with Crippen LogP contribution < -0.4 is 0 Å². The Hall–Kier alpha value is -2.04. The molecule has 0 aliphatic carbocycles. The van der Waals surface area contributed by atoms with E-state index in [9.17, 15) is 4.79 Å². The van der Waals surface area contributed by atoms with E-state index in [2.05, 4.69) is 5.10 Å². The number of carbonyl (C=O) groups excluding carboxylic acids is 1. The second-order valence-corrected chi connectivity index (χ2v) is 5.66. The molecule has 0 spiro atoms. The predicted molar refractivity (Wildman–Crippen MR) is 81.5 cm³/mol. The molecule has 5 heteroatoms. The van der Waals surface area contributed by atoms with E-state index in [4.69, 9.17) is 0 Å². The zero-order valence-electron chi connectivity index (χ0n) is 12.5. The summed E-state index contributed by atoms with van der Waals surface area (Å²) in [6.45, 7) is 1.72. The van der Waals surface area contributed by atoms with Gasteiger partial charge in [0.25, 0.3) is 5.91 Å². The van der Waals surface area contributed by atoms with Crippen LogP contribution in [0, 0.1) is 0 Å². The number of amides is 1. The lowest BCUT2D eigenvalue weighted by molar-refractivity contribution is 0.0742. The van der Waals surface area contributed by atoms with Crippen LogP contribution in [0.4, 0.5) is 0 Å². The van der Waals surface area contributed by atoms with Crippen LogP contribution in [0.15, 0.2) is 30.7 Å². The highest BCUT2D eigenvalue weighted by molar-refractivity contribution is 5.97. The molecule has 21 heavy (non-hydrogen) atoms. The molecular weight excluding hydrogens is 264 g/mol. The van der Waals surface area contributed by atoms with Crippen LogP contribution >= 0.6 is 0 Å². The molecule has 0 unspecified atom stereocenters. The van der Waals surface area contributed by atoms with Gasteiger partial charge in [0.15, 0.2) is 0 Å². The molecule has 0 radical (unpaired) electrons. The third-order valence-corrected chi connectivity index (χ3v) is 4.13. The van der Waals surface area contributed by atoms with Gasteiger partial charge in [-0.15, -0.1) is 0 Å². The minimum absolute atomic E-state index is 0.105. The Kier molecular flexibility index (Phi) is 4.08. The van der Waals surface area contributed by atoms with Crippen LogP contribution in [-0.2, 0) is 7.05 Å². The van der Waals surface area contributed by atoms with E-state index in [1.165, 1.54) is 19.3 Å². The van der Waals surface area contributed by atoms with Gasteiger partial charge in [-0.1, -0.05) is 19.3 Å². The largest absolute Gasteiger partial charge is 0.338 e. The summed E-state index contributed by atoms with van der Waals surface area (Å²) in [6, 6.07) is 3.91. The summed E-state index contributed by atoms with van der Waals surface area (Å²) >= 11 is 0. The number of aryl methyl sites for hydroxylation is 1. The number of nitrogens with zero attached hydrogens (tertiary/aromatic N) is 4. The summed E-state index contributed by atoms with van der Waals surface area (Å²) in [7, 11) is 1.87. The van der Waals surface area contributed by atoms with Crippen LogP contribution in [0.1, 0.15) is 42.5 Å². The van der Waals surface area contributed by atoms with Crippen molar-refractivity contribution in [3.05, 3.63) is 36.3 Å². The number of hydrogen-bond acceptors (Lipinski definition) is 2. The second kappa shape index (κ2) is 6.16. The Morgan fingerprint density at radius 2 is 1.67 bits per heavy atom. The zero-order chi connectivity index (χ0) is 14.7. The first kappa shape index (κ1) is 13.9. The van der Waals surface area contributed by atoms with E-state index in [0.29, 0.717) is 5.56 Å². The average Bonchev–Trinajstić information content (AvgIpc) is 3.06. The van der Waals surface area contributed by atoms with Gasteiger partial charge in [0.1, 0.15) is 11.4 Å². The molecule has 1 amide bonds. The Bertz CT molecular complexity index is 592. The van der Waals surface area contributed by atoms with Crippen molar-refractivity contribution in [1.29, 1.82) is 0 Å². The van der Waals surface area contributed by atoms with Crippen LogP contribution in [0.25, 0.3) is 5.82 Å². The van der Waals surface area contributed by atoms with E-state index >= 15 is 0 Å². The van der Waals surface area contributed by atoms with Gasteiger partial charge >= 0.3 is 0 Å². The van der Waals surface area contributed by atoms with Gasteiger partial charge in [0.2, 0.25) is 0 Å². The maximum absolute atomic E-state index is 12.9. The van der Waals surface area contributed by atoms with Crippen molar-refractivity contribution in [2.75, 3.05) is 13.1 Å². The molecule has 5 nitrogen and oxygen atoms in total. The summed E-state index contributed by atoms with van der Waals surface area (Å²) in [4.78, 5) is 14.8. The van der Waals surface area contributed by atoms with E-state index in [-0.39, 0.29) is 5.91 Å². The lowest BCUT2D eigenvalue weighted by atomic mass is 10.1. The normalized spacial score (nSPS) is 16.5. The van der Waals surface area contributed by atoms with Gasteiger partial charge in [-0.05, 0) is 25.0 Å². The fourth-order valence-corrected chi connectivity index (χ4v) is 2.98. The number of carbonyl (C=O) groups is 1. The molecule has 1 saturated heterocycles. The molecule has 0 aromatic carbocycles. The summed E-state index contributed by atoms with van der Waals surface area (Å²) in [5, 5.41) is 4.28. The smallest absolute Gasteiger partial charge is 0.259 e. The Labute approximate surface area is 125 Å². The third kappa shape index (κ3) is 2.86. The van der Waals surface area contributed by atoms with Crippen molar-refractivity contribution in [2.45, 2.75) is 32.1 Å². The molecule has 2 aromatic rings. The van der Waals surface area contributed by atoms with Gasteiger partial charge in [0.05, 0.1) is 6.20 Å². The highest BCUT2D eigenvalue weighted by atomic mass is 16.2. The van der Waals surface area contributed by atoms with Crippen LogP contribution in [0.3, 0.4) is 0 Å². The summed E-state index contributed by atoms with van der Waals surface area (Å²) in [5.41, 5.74) is 0.689. The maximum Gasteiger partial charge on any atom is 0.259 e. The second-order valence-electron chi connectivity index (χ2n) is 5.66. The van der Waals surface area contributed by atoms with Crippen LogP contribution in [-0.4, -0.2) is 38.2 Å². The summed E-state index contributed by atoms with van der Waals surface area (Å²) in [6.07, 6.45) is 11.5. The molecule has 0 N–H and O–H groups in total. The minimum Gasteiger partial charge on any atom is -0.338 e. The van der Waals surface area contributed by atoms with Crippen LogP contribution in [0.5, 0.6) is 0 Å². The molecule has 1 aliphatic heterocycles. The maximum atomic E-state index is 12.9. The molecule has 0 bridgehead atoms. The first-order chi connectivity index (χ1) is 10.3. The highest BCUT2D eigenvalue weighted by Crippen LogP contribution is 2.18. The van der Waals surface area contributed by atoms with E-state index in [1.54, 1.807) is 10.9 Å². The van der Waals surface area contributed by atoms with Crippen molar-refractivity contribution in [3.8, 4) is 5.82 Å². The molecule has 2 aromatic heterocycles. The van der Waals surface area contributed by atoms with Gasteiger partial charge < -0.3 is 9.47 Å². The quantitative estimate of drug-likeness (QED) is 0.851. The summed E-state index contributed by atoms with van der Waals surface area (Å²) < 4.78 is 3.71. The minimum atomic E-state index is 0.105. The average molecular weight is 286 g/mol. The Morgan fingerprint density at radius 1 is 1.05 bits per heavy atom. The highest BCUT2D eigenvalue weighted by Gasteiger charge is 2.23. The third-order valence-electron chi connectivity index (χ3n) is 4.13. The molecular formula is C16H22N4O. The fourth-order valence-electron chi connectivity index (χ4n) is 2.98. The van der Waals surface area contributed by atoms with E-state index < -0.39 is 0 Å². The van der Waals surface area contributed by atoms with Crippen LogP contribution in [0.2, 0.25) is 0 Å². The number of hydrogen-bond donors (Lipinski definition) is 0. The molecule has 112 valence electrons. The van der Waals surface area contributed by atoms with E-state index in [0.717, 1.165) is 31.7 Å². The SMILES string of the molecule is Cn1ncc(C(=O)N2CCCCCCC2)c1-n1cccc1. The number of rotatable bonds is 2. The molecule has 3 heterocycles. The zero-order valence-corrected chi connectivity index (χ0v) is 12.5. The van der Waals surface area contributed by atoms with Crippen molar-refractivity contribution in [1.82, 2.24) is 19.2 Å². The molecule has 3 rings (SSSR count). The Balaban J connectivity index is 1.87. The molecule has 0 saturated carbocycles. The molecule has 1 aliphatic rings. The van der Waals surface area contributed by atoms with Gasteiger partial charge in [-0.25, -0.2) is 0 Å². The van der Waals surface area contributed by atoms with Crippen molar-refractivity contribution >= 4 is 5.91 Å². The Morgan fingerprint density at radius 3 is 2.33 bits per heavy atom. The topological polar surface area (TPSA) is 43.1 Å². The van der Waals surface area contributed by atoms with Gasteiger partial charge in [0, 0.05) is 32.5 Å². The monoisotopic (exact) mass is 286 g/mol. The van der Waals surface area contributed by atoms with Gasteiger partial charge in [-0.3, -0.25) is 9.48 Å². The predicted octanol–water partition coefficient (Wildman–Crippen LogP) is 2.62. The molecule has 1 fully saturated rings. The lowest BCUT2D eigenvalue weighted by Crippen LogP contribution is -2.34. The van der Waals surface area contributed by atoms with Gasteiger partial charge in [-0.2, -0.15) is 5.10 Å². The van der Waals surface area contributed by atoms with E-state index in [1.807, 2.05) is 41.0 Å². The van der Waals surface area contributed by atoms with Crippen molar-refractivity contribution in [3.63, 3.8) is 0 Å². The first-order valence-electron chi connectivity index (χ1n) is 7.72. The fraction of sp³-hybridized carbons (Fsp3) is 0.500. The molecule has 0 atom stereocenters. The van der Waals surface area contributed by atoms with Crippen molar-refractivity contribution in [2.24, 2.45) is 7.05 Å². The lowest BCUT2D eigenvalue weighted by Gasteiger charge is -2.24. The van der Waals surface area contributed by atoms with Crippen molar-refractivity contribution < 1.29 is 4.79 Å².